The Morgan fingerprint density at radius 1 is 0.579 bits per heavy atom. The first kappa shape index (κ1) is 33.4. The first-order valence-corrected chi connectivity index (χ1v) is 18.0. The molecular formula is C28H50O8S2. The Morgan fingerprint density at radius 2 is 0.921 bits per heavy atom. The topological polar surface area (TPSA) is 121 Å². The van der Waals surface area contributed by atoms with E-state index in [2.05, 4.69) is 8.67 Å². The summed E-state index contributed by atoms with van der Waals surface area (Å²) in [6.07, 6.45) is 16.5. The number of hydrogen-bond acceptors (Lipinski definition) is 8. The van der Waals surface area contributed by atoms with Gasteiger partial charge in [0.15, 0.2) is 0 Å². The SMILES string of the molecule is CC(=O)C(CCCCCS(=O)(=O)OOS(=O)(=O)CCCCCC(C(C)=O)C1CCCCC1)C1CCCCC1. The van der Waals surface area contributed by atoms with Crippen molar-refractivity contribution in [2.45, 2.75) is 129 Å². The summed E-state index contributed by atoms with van der Waals surface area (Å²) in [4.78, 5) is 24.2. The summed E-state index contributed by atoms with van der Waals surface area (Å²) in [5.74, 6) is 0.770. The van der Waals surface area contributed by atoms with E-state index >= 15 is 0 Å². The lowest BCUT2D eigenvalue weighted by Gasteiger charge is -2.28. The molecule has 2 aliphatic carbocycles. The van der Waals surface area contributed by atoms with Crippen molar-refractivity contribution < 1.29 is 35.1 Å². The minimum Gasteiger partial charge on any atom is -0.300 e. The minimum absolute atomic E-state index is 0.0530. The Labute approximate surface area is 231 Å². The van der Waals surface area contributed by atoms with E-state index in [1.165, 1.54) is 38.5 Å². The normalized spacial score (nSPS) is 19.7. The molecule has 8 nitrogen and oxygen atoms in total. The third kappa shape index (κ3) is 13.0. The van der Waals surface area contributed by atoms with Gasteiger partial charge in [0.25, 0.3) is 20.2 Å². The van der Waals surface area contributed by atoms with Crippen LogP contribution in [-0.2, 0) is 38.5 Å². The monoisotopic (exact) mass is 578 g/mol. The first-order chi connectivity index (χ1) is 18.0. The second kappa shape index (κ2) is 17.1. The van der Waals surface area contributed by atoms with Crippen LogP contribution in [0.5, 0.6) is 0 Å². The fraction of sp³-hybridized carbons (Fsp3) is 0.929. The summed E-state index contributed by atoms with van der Waals surface area (Å²) >= 11 is 0. The van der Waals surface area contributed by atoms with Gasteiger partial charge < -0.3 is 0 Å². The van der Waals surface area contributed by atoms with Gasteiger partial charge in [-0.15, -0.1) is 0 Å². The number of carbonyl (C=O) groups excluding carboxylic acids is 2. The maximum atomic E-state index is 12.1. The van der Waals surface area contributed by atoms with E-state index in [1.807, 2.05) is 0 Å². The highest BCUT2D eigenvalue weighted by molar-refractivity contribution is 7.88. The molecule has 0 aliphatic heterocycles. The van der Waals surface area contributed by atoms with Crippen LogP contribution in [0.3, 0.4) is 0 Å². The zero-order chi connectivity index (χ0) is 28.0. The quantitative estimate of drug-likeness (QED) is 0.0996. The van der Waals surface area contributed by atoms with Crippen LogP contribution in [0, 0.1) is 23.7 Å². The lowest BCUT2D eigenvalue weighted by atomic mass is 9.76. The van der Waals surface area contributed by atoms with Crippen molar-refractivity contribution in [2.75, 3.05) is 11.5 Å². The third-order valence-electron chi connectivity index (χ3n) is 8.54. The van der Waals surface area contributed by atoms with Crippen molar-refractivity contribution in [3.63, 3.8) is 0 Å². The first-order valence-electron chi connectivity index (χ1n) is 14.8. The Bertz CT molecular complexity index is 841. The summed E-state index contributed by atoms with van der Waals surface area (Å²) in [6.45, 7) is 3.30. The Morgan fingerprint density at radius 3 is 1.24 bits per heavy atom. The second-order valence-corrected chi connectivity index (χ2v) is 14.9. The van der Waals surface area contributed by atoms with E-state index in [0.717, 1.165) is 51.4 Å². The van der Waals surface area contributed by atoms with Crippen LogP contribution in [0.1, 0.15) is 129 Å². The zero-order valence-corrected chi connectivity index (χ0v) is 25.2. The lowest BCUT2D eigenvalue weighted by Crippen LogP contribution is -2.24. The molecule has 0 aromatic heterocycles. The summed E-state index contributed by atoms with van der Waals surface area (Å²) in [7, 11) is -8.25. The highest BCUT2D eigenvalue weighted by Gasteiger charge is 2.28. The van der Waals surface area contributed by atoms with Crippen molar-refractivity contribution in [1.29, 1.82) is 0 Å². The fourth-order valence-electron chi connectivity index (χ4n) is 6.41. The molecular weight excluding hydrogens is 528 g/mol. The number of unbranched alkanes of at least 4 members (excludes halogenated alkanes) is 4. The molecule has 0 heterocycles. The third-order valence-corrected chi connectivity index (χ3v) is 10.8. The summed E-state index contributed by atoms with van der Waals surface area (Å²) in [5, 5.41) is 0. The van der Waals surface area contributed by atoms with Gasteiger partial charge in [0, 0.05) is 11.8 Å². The molecule has 0 amide bonds. The molecule has 2 saturated carbocycles. The van der Waals surface area contributed by atoms with E-state index in [9.17, 15) is 26.4 Å². The van der Waals surface area contributed by atoms with E-state index in [-0.39, 0.29) is 34.9 Å². The molecule has 2 fully saturated rings. The van der Waals surface area contributed by atoms with Crippen LogP contribution in [0.25, 0.3) is 0 Å². The van der Waals surface area contributed by atoms with Crippen LogP contribution >= 0.6 is 0 Å². The number of rotatable bonds is 19. The maximum Gasteiger partial charge on any atom is 0.294 e. The molecule has 0 saturated heterocycles. The summed E-state index contributed by atoms with van der Waals surface area (Å²) in [6, 6.07) is 0. The van der Waals surface area contributed by atoms with Crippen LogP contribution in [0.4, 0.5) is 0 Å². The van der Waals surface area contributed by atoms with Gasteiger partial charge in [0.05, 0.1) is 11.5 Å². The van der Waals surface area contributed by atoms with E-state index < -0.39 is 20.2 Å². The summed E-state index contributed by atoms with van der Waals surface area (Å²) in [5.41, 5.74) is 0. The van der Waals surface area contributed by atoms with Gasteiger partial charge in [0.1, 0.15) is 11.6 Å². The van der Waals surface area contributed by atoms with Crippen molar-refractivity contribution in [3.05, 3.63) is 0 Å². The predicted molar refractivity (Wildman–Crippen MR) is 148 cm³/mol. The van der Waals surface area contributed by atoms with Gasteiger partial charge >= 0.3 is 0 Å². The minimum atomic E-state index is -4.13. The van der Waals surface area contributed by atoms with E-state index in [1.54, 1.807) is 13.8 Å². The Balaban J connectivity index is 1.60. The van der Waals surface area contributed by atoms with E-state index in [4.69, 9.17) is 0 Å². The summed E-state index contributed by atoms with van der Waals surface area (Å²) < 4.78 is 57.1. The highest BCUT2D eigenvalue weighted by Crippen LogP contribution is 2.34. The van der Waals surface area contributed by atoms with Crippen molar-refractivity contribution in [1.82, 2.24) is 0 Å². The highest BCUT2D eigenvalue weighted by atomic mass is 32.2. The van der Waals surface area contributed by atoms with Gasteiger partial charge in [-0.2, -0.15) is 16.8 Å². The zero-order valence-electron chi connectivity index (χ0n) is 23.5. The molecule has 10 heteroatoms. The molecule has 0 aromatic carbocycles. The average molecular weight is 579 g/mol. The van der Waals surface area contributed by atoms with Gasteiger partial charge in [-0.25, -0.2) is 0 Å². The van der Waals surface area contributed by atoms with Crippen LogP contribution < -0.4 is 0 Å². The molecule has 0 radical (unpaired) electrons. The second-order valence-electron chi connectivity index (χ2n) is 11.6. The number of hydrogen-bond donors (Lipinski definition) is 0. The largest absolute Gasteiger partial charge is 0.300 e. The molecule has 0 N–H and O–H groups in total. The van der Waals surface area contributed by atoms with Crippen molar-refractivity contribution >= 4 is 31.8 Å². The molecule has 38 heavy (non-hydrogen) atoms. The van der Waals surface area contributed by atoms with Crippen molar-refractivity contribution in [2.24, 2.45) is 23.7 Å². The molecule has 2 atom stereocenters. The Hall–Kier alpha value is -0.840. The Kier molecular flexibility index (Phi) is 15.0. The molecule has 0 aromatic rings. The molecule has 2 unspecified atom stereocenters. The maximum absolute atomic E-state index is 12.1. The predicted octanol–water partition coefficient (Wildman–Crippen LogP) is 6.29. The number of Topliss-reactive ketones (excluding diaryl/α,β-unsaturated/α-hetero) is 2. The standard InChI is InChI=1S/C28H50O8S2/c1-23(29)27(25-15-7-3-8-16-25)19-11-5-13-21-37(31,32)35-36-38(33,34)22-14-6-12-20-28(24(2)30)26-17-9-4-10-18-26/h25-28H,3-22H2,1-2H3. The van der Waals surface area contributed by atoms with Gasteiger partial charge in [-0.3, -0.25) is 9.59 Å². The van der Waals surface area contributed by atoms with Crippen molar-refractivity contribution in [3.8, 4) is 0 Å². The van der Waals surface area contributed by atoms with Gasteiger partial charge in [0.2, 0.25) is 0 Å². The molecule has 0 spiro atoms. The van der Waals surface area contributed by atoms with Crippen LogP contribution in [0.15, 0.2) is 0 Å². The molecule has 0 bridgehead atoms. The molecule has 2 aliphatic rings. The van der Waals surface area contributed by atoms with Gasteiger partial charge in [-0.1, -0.05) is 72.9 Å². The number of ketones is 2. The number of carbonyl (C=O) groups is 2. The fourth-order valence-corrected chi connectivity index (χ4v) is 8.34. The average Bonchev–Trinajstić information content (AvgIpc) is 2.88. The van der Waals surface area contributed by atoms with Crippen LogP contribution in [-0.4, -0.2) is 39.9 Å². The van der Waals surface area contributed by atoms with E-state index in [0.29, 0.717) is 37.5 Å². The molecule has 222 valence electrons. The molecule has 2 rings (SSSR count). The smallest absolute Gasteiger partial charge is 0.294 e. The van der Waals surface area contributed by atoms with Crippen LogP contribution in [0.2, 0.25) is 0 Å². The van der Waals surface area contributed by atoms with Gasteiger partial charge in [-0.05, 0) is 77.0 Å². The lowest BCUT2D eigenvalue weighted by molar-refractivity contribution is -0.123.